The van der Waals surface area contributed by atoms with Crippen LogP contribution in [0.2, 0.25) is 0 Å². The second-order valence-corrected chi connectivity index (χ2v) is 4.62. The Morgan fingerprint density at radius 1 is 1.28 bits per heavy atom. The van der Waals surface area contributed by atoms with Gasteiger partial charge in [-0.15, -0.1) is 11.6 Å². The molecule has 0 aliphatic rings. The lowest BCUT2D eigenvalue weighted by molar-refractivity contribution is -0.137. The number of hydrogen-bond donors (Lipinski definition) is 0. The Bertz CT molecular complexity index is 365. The Kier molecular flexibility index (Phi) is 5.79. The molecule has 1 rings (SSSR count). The minimum Gasteiger partial charge on any atom is -0.494 e. The minimum atomic E-state index is -4.33. The van der Waals surface area contributed by atoms with Crippen LogP contribution in [-0.4, -0.2) is 12.5 Å². The molecule has 1 aromatic carbocycles. The van der Waals surface area contributed by atoms with E-state index in [2.05, 4.69) is 0 Å². The van der Waals surface area contributed by atoms with E-state index in [0.717, 1.165) is 25.0 Å². The van der Waals surface area contributed by atoms with Gasteiger partial charge in [0.05, 0.1) is 12.2 Å². The van der Waals surface area contributed by atoms with Crippen LogP contribution in [0.3, 0.4) is 0 Å². The van der Waals surface area contributed by atoms with Crippen molar-refractivity contribution in [2.24, 2.45) is 5.92 Å². The van der Waals surface area contributed by atoms with Gasteiger partial charge in [0.1, 0.15) is 5.75 Å². The highest BCUT2D eigenvalue weighted by Gasteiger charge is 2.30. The molecule has 1 aromatic rings. The molecule has 0 spiro atoms. The number of rotatable bonds is 6. The van der Waals surface area contributed by atoms with Crippen LogP contribution in [0.1, 0.15) is 25.3 Å². The van der Waals surface area contributed by atoms with Crippen molar-refractivity contribution >= 4 is 11.6 Å². The van der Waals surface area contributed by atoms with Crippen molar-refractivity contribution in [1.82, 2.24) is 0 Å². The molecule has 0 aliphatic heterocycles. The van der Waals surface area contributed by atoms with Crippen molar-refractivity contribution in [2.75, 3.05) is 12.5 Å². The SMILES string of the molecule is CC(CCCl)CCOc1cccc(C(F)(F)F)c1. The maximum absolute atomic E-state index is 12.4. The molecule has 1 unspecified atom stereocenters. The molecule has 0 radical (unpaired) electrons. The second kappa shape index (κ2) is 6.88. The van der Waals surface area contributed by atoms with Crippen LogP contribution in [0.5, 0.6) is 5.75 Å². The monoisotopic (exact) mass is 280 g/mol. The first-order valence-corrected chi connectivity index (χ1v) is 6.33. The van der Waals surface area contributed by atoms with Gasteiger partial charge in [-0.3, -0.25) is 0 Å². The summed E-state index contributed by atoms with van der Waals surface area (Å²) >= 11 is 5.60. The molecule has 18 heavy (non-hydrogen) atoms. The van der Waals surface area contributed by atoms with Gasteiger partial charge >= 0.3 is 6.18 Å². The highest BCUT2D eigenvalue weighted by Crippen LogP contribution is 2.31. The van der Waals surface area contributed by atoms with Crippen molar-refractivity contribution < 1.29 is 17.9 Å². The topological polar surface area (TPSA) is 9.23 Å². The first-order chi connectivity index (χ1) is 8.43. The van der Waals surface area contributed by atoms with E-state index in [9.17, 15) is 13.2 Å². The number of ether oxygens (including phenoxy) is 1. The molecule has 0 aliphatic carbocycles. The summed E-state index contributed by atoms with van der Waals surface area (Å²) in [4.78, 5) is 0. The molecule has 5 heteroatoms. The summed E-state index contributed by atoms with van der Waals surface area (Å²) in [5.74, 6) is 1.25. The fourth-order valence-corrected chi connectivity index (χ4v) is 1.84. The lowest BCUT2D eigenvalue weighted by atomic mass is 10.1. The average molecular weight is 281 g/mol. The molecule has 0 aromatic heterocycles. The molecule has 1 atom stereocenters. The van der Waals surface area contributed by atoms with Crippen LogP contribution in [0.4, 0.5) is 13.2 Å². The molecule has 0 bridgehead atoms. The van der Waals surface area contributed by atoms with Gasteiger partial charge in [0.15, 0.2) is 0 Å². The number of benzene rings is 1. The van der Waals surface area contributed by atoms with Crippen LogP contribution < -0.4 is 4.74 Å². The van der Waals surface area contributed by atoms with Gasteiger partial charge in [0, 0.05) is 5.88 Å². The molecular formula is C13H16ClF3O. The van der Waals surface area contributed by atoms with Gasteiger partial charge in [-0.05, 0) is 37.0 Å². The third-order valence-corrected chi connectivity index (χ3v) is 2.86. The smallest absolute Gasteiger partial charge is 0.416 e. The fourth-order valence-electron chi connectivity index (χ4n) is 1.47. The van der Waals surface area contributed by atoms with Gasteiger partial charge in [-0.2, -0.15) is 13.2 Å². The lowest BCUT2D eigenvalue weighted by Crippen LogP contribution is -2.07. The van der Waals surface area contributed by atoms with E-state index >= 15 is 0 Å². The van der Waals surface area contributed by atoms with Gasteiger partial charge in [-0.1, -0.05) is 13.0 Å². The first kappa shape index (κ1) is 15.2. The van der Waals surface area contributed by atoms with Crippen molar-refractivity contribution in [2.45, 2.75) is 25.9 Å². The van der Waals surface area contributed by atoms with Gasteiger partial charge in [-0.25, -0.2) is 0 Å². The molecule has 0 saturated carbocycles. The van der Waals surface area contributed by atoms with E-state index in [1.54, 1.807) is 0 Å². The maximum atomic E-state index is 12.4. The Hall–Kier alpha value is -0.900. The van der Waals surface area contributed by atoms with Gasteiger partial charge in [0.25, 0.3) is 0 Å². The third kappa shape index (κ3) is 5.17. The fraction of sp³-hybridized carbons (Fsp3) is 0.538. The lowest BCUT2D eigenvalue weighted by Gasteiger charge is -2.12. The number of alkyl halides is 4. The zero-order valence-electron chi connectivity index (χ0n) is 10.1. The molecule has 0 fully saturated rings. The number of hydrogen-bond acceptors (Lipinski definition) is 1. The van der Waals surface area contributed by atoms with E-state index in [4.69, 9.17) is 16.3 Å². The Balaban J connectivity index is 2.48. The van der Waals surface area contributed by atoms with Gasteiger partial charge < -0.3 is 4.74 Å². The Morgan fingerprint density at radius 2 is 2.00 bits per heavy atom. The summed E-state index contributed by atoms with van der Waals surface area (Å²) in [7, 11) is 0. The standard InChI is InChI=1S/C13H16ClF3O/c1-10(5-7-14)6-8-18-12-4-2-3-11(9-12)13(15,16)17/h2-4,9-10H,5-8H2,1H3. The molecule has 102 valence electrons. The summed E-state index contributed by atoms with van der Waals surface area (Å²) in [5.41, 5.74) is -0.686. The summed E-state index contributed by atoms with van der Waals surface area (Å²) in [6.45, 7) is 2.44. The van der Waals surface area contributed by atoms with Crippen LogP contribution in [-0.2, 0) is 6.18 Å². The van der Waals surface area contributed by atoms with Crippen molar-refractivity contribution in [3.63, 3.8) is 0 Å². The van der Waals surface area contributed by atoms with E-state index in [1.165, 1.54) is 12.1 Å². The van der Waals surface area contributed by atoms with Crippen LogP contribution in [0, 0.1) is 5.92 Å². The molecule has 0 heterocycles. The van der Waals surface area contributed by atoms with Gasteiger partial charge in [0.2, 0.25) is 0 Å². The van der Waals surface area contributed by atoms with Crippen LogP contribution in [0.25, 0.3) is 0 Å². The maximum Gasteiger partial charge on any atom is 0.416 e. The zero-order chi connectivity index (χ0) is 13.6. The van der Waals surface area contributed by atoms with Crippen molar-refractivity contribution in [1.29, 1.82) is 0 Å². The normalized spacial score (nSPS) is 13.4. The largest absolute Gasteiger partial charge is 0.494 e. The van der Waals surface area contributed by atoms with E-state index < -0.39 is 11.7 Å². The predicted molar refractivity (Wildman–Crippen MR) is 66.1 cm³/mol. The zero-order valence-corrected chi connectivity index (χ0v) is 10.9. The minimum absolute atomic E-state index is 0.253. The molecule has 0 saturated heterocycles. The Morgan fingerprint density at radius 3 is 2.61 bits per heavy atom. The Labute approximate surface area is 110 Å². The molecular weight excluding hydrogens is 265 g/mol. The van der Waals surface area contributed by atoms with Crippen LogP contribution >= 0.6 is 11.6 Å². The van der Waals surface area contributed by atoms with E-state index in [-0.39, 0.29) is 5.75 Å². The molecule has 0 N–H and O–H groups in total. The average Bonchev–Trinajstić information content (AvgIpc) is 2.29. The summed E-state index contributed by atoms with van der Waals surface area (Å²) in [6, 6.07) is 4.93. The van der Waals surface area contributed by atoms with Crippen molar-refractivity contribution in [3.8, 4) is 5.75 Å². The molecule has 1 nitrogen and oxygen atoms in total. The van der Waals surface area contributed by atoms with E-state index in [0.29, 0.717) is 18.4 Å². The third-order valence-electron chi connectivity index (χ3n) is 2.64. The summed E-state index contributed by atoms with van der Waals surface area (Å²) < 4.78 is 42.7. The quantitative estimate of drug-likeness (QED) is 0.684. The first-order valence-electron chi connectivity index (χ1n) is 5.79. The second-order valence-electron chi connectivity index (χ2n) is 4.25. The summed E-state index contributed by atoms with van der Waals surface area (Å²) in [5, 5.41) is 0. The number of halogens is 4. The molecule has 0 amide bonds. The van der Waals surface area contributed by atoms with E-state index in [1.807, 2.05) is 6.92 Å². The summed E-state index contributed by atoms with van der Waals surface area (Å²) in [6.07, 6.45) is -2.66. The highest BCUT2D eigenvalue weighted by molar-refractivity contribution is 6.17. The predicted octanol–water partition coefficient (Wildman–Crippen LogP) is 4.74. The van der Waals surface area contributed by atoms with Crippen LogP contribution in [0.15, 0.2) is 24.3 Å². The highest BCUT2D eigenvalue weighted by atomic mass is 35.5. The van der Waals surface area contributed by atoms with Crippen molar-refractivity contribution in [3.05, 3.63) is 29.8 Å².